The SMILES string of the molecule is Cc1cc(C)c(C)c(OCC(=O)NCc2ccc(N3CCOCC3)cc2)c1. The minimum atomic E-state index is -0.120. The summed E-state index contributed by atoms with van der Waals surface area (Å²) >= 11 is 0. The molecular formula is C22H28N2O3. The van der Waals surface area contributed by atoms with Crippen LogP contribution in [0.2, 0.25) is 0 Å². The zero-order chi connectivity index (χ0) is 19.2. The van der Waals surface area contributed by atoms with E-state index in [1.54, 1.807) is 0 Å². The number of morpholine rings is 1. The van der Waals surface area contributed by atoms with Crippen LogP contribution >= 0.6 is 0 Å². The number of ether oxygens (including phenoxy) is 2. The molecule has 0 spiro atoms. The van der Waals surface area contributed by atoms with Crippen LogP contribution in [0.4, 0.5) is 5.69 Å². The summed E-state index contributed by atoms with van der Waals surface area (Å²) in [5.74, 6) is 0.656. The average molecular weight is 368 g/mol. The molecule has 1 saturated heterocycles. The second-order valence-corrected chi connectivity index (χ2v) is 7.04. The van der Waals surface area contributed by atoms with Gasteiger partial charge in [-0.1, -0.05) is 18.2 Å². The van der Waals surface area contributed by atoms with E-state index in [2.05, 4.69) is 47.5 Å². The van der Waals surface area contributed by atoms with Crippen molar-refractivity contribution in [3.8, 4) is 5.75 Å². The van der Waals surface area contributed by atoms with Crippen LogP contribution in [-0.4, -0.2) is 38.8 Å². The number of nitrogens with one attached hydrogen (secondary N) is 1. The number of hydrogen-bond donors (Lipinski definition) is 1. The Balaban J connectivity index is 1.48. The molecule has 1 fully saturated rings. The van der Waals surface area contributed by atoms with Crippen molar-refractivity contribution in [1.29, 1.82) is 0 Å². The molecule has 1 amide bonds. The number of rotatable bonds is 6. The summed E-state index contributed by atoms with van der Waals surface area (Å²) in [5, 5.41) is 2.92. The van der Waals surface area contributed by atoms with E-state index in [0.29, 0.717) is 6.54 Å². The smallest absolute Gasteiger partial charge is 0.258 e. The standard InChI is InChI=1S/C22H28N2O3/c1-16-12-17(2)18(3)21(13-16)27-15-22(25)23-14-19-4-6-20(7-5-19)24-8-10-26-11-9-24/h4-7,12-13H,8-11,14-15H2,1-3H3,(H,23,25). The fourth-order valence-corrected chi connectivity index (χ4v) is 3.19. The van der Waals surface area contributed by atoms with Crippen molar-refractivity contribution < 1.29 is 14.3 Å². The number of hydrogen-bond acceptors (Lipinski definition) is 4. The first-order chi connectivity index (χ1) is 13.0. The summed E-state index contributed by atoms with van der Waals surface area (Å²) < 4.78 is 11.1. The van der Waals surface area contributed by atoms with Crippen LogP contribution in [0.3, 0.4) is 0 Å². The Morgan fingerprint density at radius 3 is 2.52 bits per heavy atom. The summed E-state index contributed by atoms with van der Waals surface area (Å²) in [6.45, 7) is 10.0. The number of benzene rings is 2. The topological polar surface area (TPSA) is 50.8 Å². The minimum Gasteiger partial charge on any atom is -0.483 e. The number of aryl methyl sites for hydroxylation is 2. The predicted molar refractivity (Wildman–Crippen MR) is 107 cm³/mol. The lowest BCUT2D eigenvalue weighted by Crippen LogP contribution is -2.36. The lowest BCUT2D eigenvalue weighted by atomic mass is 10.1. The van der Waals surface area contributed by atoms with Gasteiger partial charge in [-0.25, -0.2) is 0 Å². The van der Waals surface area contributed by atoms with Crippen LogP contribution in [0.5, 0.6) is 5.75 Å². The van der Waals surface area contributed by atoms with Crippen LogP contribution in [0.25, 0.3) is 0 Å². The molecule has 0 unspecified atom stereocenters. The molecule has 0 atom stereocenters. The first-order valence-electron chi connectivity index (χ1n) is 9.42. The molecule has 1 aliphatic heterocycles. The van der Waals surface area contributed by atoms with E-state index < -0.39 is 0 Å². The van der Waals surface area contributed by atoms with E-state index in [0.717, 1.165) is 48.7 Å². The molecule has 1 N–H and O–H groups in total. The maximum absolute atomic E-state index is 12.1. The molecule has 2 aromatic rings. The molecule has 5 nitrogen and oxygen atoms in total. The van der Waals surface area contributed by atoms with Gasteiger partial charge in [0.25, 0.3) is 5.91 Å². The predicted octanol–water partition coefficient (Wildman–Crippen LogP) is 3.14. The Labute approximate surface area is 161 Å². The van der Waals surface area contributed by atoms with Gasteiger partial charge in [0.1, 0.15) is 5.75 Å². The Bertz CT molecular complexity index is 781. The van der Waals surface area contributed by atoms with Crippen molar-refractivity contribution in [3.05, 3.63) is 58.7 Å². The quantitative estimate of drug-likeness (QED) is 0.851. The molecule has 0 aromatic heterocycles. The van der Waals surface area contributed by atoms with Crippen LogP contribution in [0, 0.1) is 20.8 Å². The normalized spacial score (nSPS) is 14.1. The molecule has 2 aromatic carbocycles. The highest BCUT2D eigenvalue weighted by atomic mass is 16.5. The van der Waals surface area contributed by atoms with Gasteiger partial charge < -0.3 is 19.7 Å². The van der Waals surface area contributed by atoms with Gasteiger partial charge in [0.2, 0.25) is 0 Å². The summed E-state index contributed by atoms with van der Waals surface area (Å²) in [5.41, 5.74) is 5.65. The summed E-state index contributed by atoms with van der Waals surface area (Å²) in [6.07, 6.45) is 0. The van der Waals surface area contributed by atoms with Crippen LogP contribution in [0.15, 0.2) is 36.4 Å². The Hall–Kier alpha value is -2.53. The molecule has 27 heavy (non-hydrogen) atoms. The van der Waals surface area contributed by atoms with Gasteiger partial charge in [-0.2, -0.15) is 0 Å². The van der Waals surface area contributed by atoms with Crippen molar-refractivity contribution in [2.24, 2.45) is 0 Å². The van der Waals surface area contributed by atoms with Gasteiger partial charge in [0, 0.05) is 25.3 Å². The van der Waals surface area contributed by atoms with Crippen molar-refractivity contribution in [3.63, 3.8) is 0 Å². The van der Waals surface area contributed by atoms with Crippen LogP contribution in [-0.2, 0) is 16.1 Å². The molecule has 0 saturated carbocycles. The Kier molecular flexibility index (Phi) is 6.35. The molecule has 1 aliphatic rings. The second kappa shape index (κ2) is 8.91. The number of carbonyl (C=O) groups excluding carboxylic acids is 1. The number of amides is 1. The van der Waals surface area contributed by atoms with E-state index in [-0.39, 0.29) is 12.5 Å². The van der Waals surface area contributed by atoms with Crippen molar-refractivity contribution in [2.75, 3.05) is 37.8 Å². The molecular weight excluding hydrogens is 340 g/mol. The number of anilines is 1. The second-order valence-electron chi connectivity index (χ2n) is 7.04. The maximum Gasteiger partial charge on any atom is 0.258 e. The fourth-order valence-electron chi connectivity index (χ4n) is 3.19. The molecule has 0 aliphatic carbocycles. The zero-order valence-corrected chi connectivity index (χ0v) is 16.4. The molecule has 3 rings (SSSR count). The maximum atomic E-state index is 12.1. The molecule has 1 heterocycles. The third-order valence-corrected chi connectivity index (χ3v) is 4.93. The van der Waals surface area contributed by atoms with Gasteiger partial charge in [-0.15, -0.1) is 0 Å². The summed E-state index contributed by atoms with van der Waals surface area (Å²) in [6, 6.07) is 12.4. The van der Waals surface area contributed by atoms with Gasteiger partial charge in [0.05, 0.1) is 13.2 Å². The lowest BCUT2D eigenvalue weighted by molar-refractivity contribution is -0.123. The average Bonchev–Trinajstić information content (AvgIpc) is 2.69. The van der Waals surface area contributed by atoms with Gasteiger partial charge in [-0.3, -0.25) is 4.79 Å². The van der Waals surface area contributed by atoms with Gasteiger partial charge in [0.15, 0.2) is 6.61 Å². The highest BCUT2D eigenvalue weighted by Crippen LogP contribution is 2.23. The van der Waals surface area contributed by atoms with Gasteiger partial charge >= 0.3 is 0 Å². The minimum absolute atomic E-state index is 0.0234. The third kappa shape index (κ3) is 5.23. The van der Waals surface area contributed by atoms with E-state index in [9.17, 15) is 4.79 Å². The molecule has 0 radical (unpaired) electrons. The summed E-state index contributed by atoms with van der Waals surface area (Å²) in [7, 11) is 0. The van der Waals surface area contributed by atoms with Crippen LogP contribution < -0.4 is 15.0 Å². The van der Waals surface area contributed by atoms with E-state index >= 15 is 0 Å². The van der Waals surface area contributed by atoms with Crippen molar-refractivity contribution >= 4 is 11.6 Å². The van der Waals surface area contributed by atoms with E-state index in [4.69, 9.17) is 9.47 Å². The molecule has 0 bridgehead atoms. The largest absolute Gasteiger partial charge is 0.483 e. The van der Waals surface area contributed by atoms with Crippen molar-refractivity contribution in [1.82, 2.24) is 5.32 Å². The van der Waals surface area contributed by atoms with E-state index in [1.807, 2.05) is 19.9 Å². The lowest BCUT2D eigenvalue weighted by Gasteiger charge is -2.28. The first kappa shape index (κ1) is 19.2. The van der Waals surface area contributed by atoms with E-state index in [1.165, 1.54) is 11.3 Å². The van der Waals surface area contributed by atoms with Crippen molar-refractivity contribution in [2.45, 2.75) is 27.3 Å². The zero-order valence-electron chi connectivity index (χ0n) is 16.4. The summed E-state index contributed by atoms with van der Waals surface area (Å²) in [4.78, 5) is 14.4. The number of nitrogens with zero attached hydrogens (tertiary/aromatic N) is 1. The highest BCUT2D eigenvalue weighted by Gasteiger charge is 2.11. The Morgan fingerprint density at radius 2 is 1.81 bits per heavy atom. The Morgan fingerprint density at radius 1 is 1.11 bits per heavy atom. The monoisotopic (exact) mass is 368 g/mol. The van der Waals surface area contributed by atoms with Crippen LogP contribution in [0.1, 0.15) is 22.3 Å². The number of carbonyl (C=O) groups is 1. The third-order valence-electron chi connectivity index (χ3n) is 4.93. The molecule has 5 heteroatoms. The first-order valence-corrected chi connectivity index (χ1v) is 9.42. The highest BCUT2D eigenvalue weighted by molar-refractivity contribution is 5.77. The molecule has 144 valence electrons. The van der Waals surface area contributed by atoms with Gasteiger partial charge in [-0.05, 0) is 61.2 Å². The fraction of sp³-hybridized carbons (Fsp3) is 0.409.